The summed E-state index contributed by atoms with van der Waals surface area (Å²) in [6.45, 7) is -0.311. The van der Waals surface area contributed by atoms with Crippen molar-refractivity contribution in [3.8, 4) is 0 Å². The fourth-order valence-electron chi connectivity index (χ4n) is 3.54. The first-order valence-electron chi connectivity index (χ1n) is 9.00. The molecule has 6 heteroatoms. The van der Waals surface area contributed by atoms with Gasteiger partial charge in [-0.2, -0.15) is 0 Å². The molecule has 0 spiro atoms. The van der Waals surface area contributed by atoms with Gasteiger partial charge in [0.25, 0.3) is 5.91 Å². The molecule has 6 nitrogen and oxygen atoms in total. The van der Waals surface area contributed by atoms with Crippen molar-refractivity contribution in [1.82, 2.24) is 15.2 Å². The maximum Gasteiger partial charge on any atom is 0.325 e. The van der Waals surface area contributed by atoms with Crippen molar-refractivity contribution in [2.75, 3.05) is 6.54 Å². The fraction of sp³-hybridized carbons (Fsp3) is 0.136. The summed E-state index contributed by atoms with van der Waals surface area (Å²) in [6.07, 6.45) is 1.93. The standard InChI is InChI=1S/C22H19N3O3/c26-19(18-12-7-13-23-18)15-25-20(27)22(24-21(25)28,17-10-5-2-6-11-17)14-16-8-3-1-4-9-16/h1-13,23H,14-15H2,(H,24,28). The molecule has 0 radical (unpaired) electrons. The Balaban J connectivity index is 1.69. The van der Waals surface area contributed by atoms with Crippen molar-refractivity contribution >= 4 is 17.7 Å². The zero-order valence-corrected chi connectivity index (χ0v) is 15.1. The lowest BCUT2D eigenvalue weighted by Crippen LogP contribution is -2.46. The van der Waals surface area contributed by atoms with Crippen molar-refractivity contribution in [1.29, 1.82) is 0 Å². The summed E-state index contributed by atoms with van der Waals surface area (Å²) in [5.74, 6) is -0.746. The number of carbonyl (C=O) groups is 3. The number of Topliss-reactive ketones (excluding diaryl/α,β-unsaturated/α-hetero) is 1. The minimum absolute atomic E-state index is 0.301. The molecule has 2 N–H and O–H groups in total. The SMILES string of the molecule is O=C(CN1C(=O)NC(Cc2ccccc2)(c2ccccc2)C1=O)c1ccc[nH]1. The summed E-state index contributed by atoms with van der Waals surface area (Å²) < 4.78 is 0. The minimum atomic E-state index is -1.24. The van der Waals surface area contributed by atoms with Gasteiger partial charge in [-0.15, -0.1) is 0 Å². The Morgan fingerprint density at radius 3 is 2.21 bits per heavy atom. The van der Waals surface area contributed by atoms with E-state index in [-0.39, 0.29) is 12.3 Å². The third-order valence-corrected chi connectivity index (χ3v) is 4.95. The van der Waals surface area contributed by atoms with E-state index in [1.807, 2.05) is 60.7 Å². The van der Waals surface area contributed by atoms with Crippen LogP contribution in [0.1, 0.15) is 21.6 Å². The Hall–Kier alpha value is -3.67. The van der Waals surface area contributed by atoms with Gasteiger partial charge in [-0.3, -0.25) is 14.5 Å². The molecule has 28 heavy (non-hydrogen) atoms. The average molecular weight is 373 g/mol. The molecule has 2 heterocycles. The Morgan fingerprint density at radius 2 is 1.57 bits per heavy atom. The van der Waals surface area contributed by atoms with Crippen LogP contribution in [0.5, 0.6) is 0 Å². The number of hydrogen-bond donors (Lipinski definition) is 2. The highest BCUT2D eigenvalue weighted by molar-refractivity contribution is 6.11. The van der Waals surface area contributed by atoms with Gasteiger partial charge in [-0.25, -0.2) is 4.79 Å². The van der Waals surface area contributed by atoms with E-state index in [0.717, 1.165) is 10.5 Å². The lowest BCUT2D eigenvalue weighted by Gasteiger charge is -2.27. The number of amides is 3. The smallest absolute Gasteiger partial charge is 0.325 e. The molecular formula is C22H19N3O3. The number of benzene rings is 2. The summed E-state index contributed by atoms with van der Waals surface area (Å²) >= 11 is 0. The topological polar surface area (TPSA) is 82.3 Å². The summed E-state index contributed by atoms with van der Waals surface area (Å²) in [5, 5.41) is 2.86. The molecule has 2 aromatic carbocycles. The first kappa shape index (κ1) is 17.7. The molecule has 140 valence electrons. The fourth-order valence-corrected chi connectivity index (χ4v) is 3.54. The molecule has 1 unspecified atom stereocenters. The lowest BCUT2D eigenvalue weighted by molar-refractivity contribution is -0.131. The van der Waals surface area contributed by atoms with E-state index in [2.05, 4.69) is 10.3 Å². The van der Waals surface area contributed by atoms with E-state index >= 15 is 0 Å². The van der Waals surface area contributed by atoms with Crippen LogP contribution in [0.25, 0.3) is 0 Å². The van der Waals surface area contributed by atoms with Crippen molar-refractivity contribution in [2.45, 2.75) is 12.0 Å². The van der Waals surface area contributed by atoms with E-state index in [9.17, 15) is 14.4 Å². The quantitative estimate of drug-likeness (QED) is 0.515. The average Bonchev–Trinajstić information content (AvgIpc) is 3.34. The molecule has 0 bridgehead atoms. The zero-order valence-electron chi connectivity index (χ0n) is 15.1. The van der Waals surface area contributed by atoms with Crippen LogP contribution >= 0.6 is 0 Å². The number of rotatable bonds is 6. The van der Waals surface area contributed by atoms with Gasteiger partial charge in [-0.05, 0) is 23.3 Å². The predicted molar refractivity (Wildman–Crippen MR) is 104 cm³/mol. The third-order valence-electron chi connectivity index (χ3n) is 4.95. The first-order valence-corrected chi connectivity index (χ1v) is 9.00. The Bertz CT molecular complexity index is 1000. The van der Waals surface area contributed by atoms with Gasteiger partial charge in [0, 0.05) is 12.6 Å². The molecule has 0 saturated carbocycles. The largest absolute Gasteiger partial charge is 0.359 e. The molecular weight excluding hydrogens is 354 g/mol. The van der Waals surface area contributed by atoms with E-state index in [1.54, 1.807) is 18.3 Å². The van der Waals surface area contributed by atoms with Gasteiger partial charge in [0.05, 0.1) is 12.2 Å². The van der Waals surface area contributed by atoms with Gasteiger partial charge in [-0.1, -0.05) is 60.7 Å². The van der Waals surface area contributed by atoms with Crippen LogP contribution in [-0.4, -0.2) is 34.2 Å². The molecule has 0 aliphatic carbocycles. The first-order chi connectivity index (χ1) is 13.6. The van der Waals surface area contributed by atoms with E-state index in [0.29, 0.717) is 17.7 Å². The number of urea groups is 1. The number of nitrogens with zero attached hydrogens (tertiary/aromatic N) is 1. The second kappa shape index (κ2) is 7.15. The number of carbonyl (C=O) groups excluding carboxylic acids is 3. The van der Waals surface area contributed by atoms with Gasteiger partial charge in [0.15, 0.2) is 11.3 Å². The summed E-state index contributed by atoms with van der Waals surface area (Å²) in [4.78, 5) is 42.4. The van der Waals surface area contributed by atoms with Crippen molar-refractivity contribution in [3.63, 3.8) is 0 Å². The van der Waals surface area contributed by atoms with Crippen LogP contribution in [0.3, 0.4) is 0 Å². The highest BCUT2D eigenvalue weighted by Crippen LogP contribution is 2.33. The van der Waals surface area contributed by atoms with Gasteiger partial charge >= 0.3 is 6.03 Å². The van der Waals surface area contributed by atoms with Crippen LogP contribution < -0.4 is 5.32 Å². The Labute approximate surface area is 162 Å². The highest BCUT2D eigenvalue weighted by Gasteiger charge is 2.52. The minimum Gasteiger partial charge on any atom is -0.359 e. The van der Waals surface area contributed by atoms with Gasteiger partial charge < -0.3 is 10.3 Å². The maximum atomic E-state index is 13.4. The van der Waals surface area contributed by atoms with Gasteiger partial charge in [0.1, 0.15) is 0 Å². The lowest BCUT2D eigenvalue weighted by atomic mass is 9.83. The number of aromatic amines is 1. The molecule has 1 aliphatic rings. The maximum absolute atomic E-state index is 13.4. The van der Waals surface area contributed by atoms with E-state index in [1.165, 1.54) is 0 Å². The van der Waals surface area contributed by atoms with Crippen LogP contribution in [0, 0.1) is 0 Å². The Morgan fingerprint density at radius 1 is 0.893 bits per heavy atom. The van der Waals surface area contributed by atoms with Crippen molar-refractivity contribution in [2.24, 2.45) is 0 Å². The van der Waals surface area contributed by atoms with Crippen LogP contribution in [0.4, 0.5) is 4.79 Å². The number of nitrogens with one attached hydrogen (secondary N) is 2. The summed E-state index contributed by atoms with van der Waals surface area (Å²) in [7, 11) is 0. The van der Waals surface area contributed by atoms with Crippen LogP contribution in [0.2, 0.25) is 0 Å². The molecule has 1 aliphatic heterocycles. The van der Waals surface area contributed by atoms with E-state index < -0.39 is 17.5 Å². The number of hydrogen-bond acceptors (Lipinski definition) is 3. The Kier molecular flexibility index (Phi) is 4.53. The highest BCUT2D eigenvalue weighted by atomic mass is 16.2. The second-order valence-electron chi connectivity index (χ2n) is 6.76. The molecule has 1 atom stereocenters. The number of imide groups is 1. The van der Waals surface area contributed by atoms with Crippen LogP contribution in [-0.2, 0) is 16.8 Å². The summed E-state index contributed by atoms with van der Waals surface area (Å²) in [6, 6.07) is 21.4. The normalized spacial score (nSPS) is 18.9. The number of aromatic nitrogens is 1. The molecule has 1 fully saturated rings. The number of ketones is 1. The van der Waals surface area contributed by atoms with Crippen molar-refractivity contribution in [3.05, 3.63) is 95.8 Å². The molecule has 1 aromatic heterocycles. The monoisotopic (exact) mass is 373 g/mol. The molecule has 3 aromatic rings. The number of H-pyrrole nitrogens is 1. The molecule has 1 saturated heterocycles. The molecule has 3 amide bonds. The van der Waals surface area contributed by atoms with Crippen molar-refractivity contribution < 1.29 is 14.4 Å². The van der Waals surface area contributed by atoms with Gasteiger partial charge in [0.2, 0.25) is 0 Å². The second-order valence-corrected chi connectivity index (χ2v) is 6.76. The predicted octanol–water partition coefficient (Wildman–Crippen LogP) is 2.89. The third kappa shape index (κ3) is 3.09. The molecule has 4 rings (SSSR count). The summed E-state index contributed by atoms with van der Waals surface area (Å²) in [5.41, 5.74) is 0.723. The van der Waals surface area contributed by atoms with Crippen LogP contribution in [0.15, 0.2) is 79.0 Å². The van der Waals surface area contributed by atoms with E-state index in [4.69, 9.17) is 0 Å². The zero-order chi connectivity index (χ0) is 19.6.